The number of amides is 1. The summed E-state index contributed by atoms with van der Waals surface area (Å²) in [5.41, 5.74) is 1.13. The van der Waals surface area contributed by atoms with Crippen molar-refractivity contribution >= 4 is 5.91 Å². The highest BCUT2D eigenvalue weighted by atomic mass is 16.5. The molecule has 0 saturated carbocycles. The molecular weight excluding hydrogens is 304 g/mol. The van der Waals surface area contributed by atoms with E-state index in [2.05, 4.69) is 22.3 Å². The molecule has 0 radical (unpaired) electrons. The number of rotatable bonds is 6. The lowest BCUT2D eigenvalue weighted by atomic mass is 9.99. The van der Waals surface area contributed by atoms with Gasteiger partial charge in [-0.15, -0.1) is 0 Å². The molecule has 0 unspecified atom stereocenters. The van der Waals surface area contributed by atoms with Crippen LogP contribution in [0.15, 0.2) is 24.3 Å². The molecule has 0 bridgehead atoms. The summed E-state index contributed by atoms with van der Waals surface area (Å²) in [6, 6.07) is 8.02. The maximum atomic E-state index is 12.7. The van der Waals surface area contributed by atoms with Crippen LogP contribution >= 0.6 is 0 Å². The van der Waals surface area contributed by atoms with Gasteiger partial charge in [-0.3, -0.25) is 4.79 Å². The zero-order chi connectivity index (χ0) is 16.9. The normalized spacial score (nSPS) is 25.6. The highest BCUT2D eigenvalue weighted by molar-refractivity contribution is 5.80. The van der Waals surface area contributed by atoms with Crippen LogP contribution in [-0.4, -0.2) is 50.3 Å². The van der Waals surface area contributed by atoms with Crippen molar-refractivity contribution in [2.24, 2.45) is 5.92 Å². The molecule has 5 heteroatoms. The largest absolute Gasteiger partial charge is 0.497 e. The van der Waals surface area contributed by atoms with Crippen molar-refractivity contribution in [3.8, 4) is 5.75 Å². The molecule has 132 valence electrons. The minimum absolute atomic E-state index is 0.00769. The zero-order valence-electron chi connectivity index (χ0n) is 14.7. The molecule has 2 fully saturated rings. The number of nitrogens with one attached hydrogen (secondary N) is 1. The Bertz CT molecular complexity index is 540. The number of ether oxygens (including phenoxy) is 2. The number of nitrogens with zero attached hydrogens (tertiary/aromatic N) is 1. The van der Waals surface area contributed by atoms with E-state index in [9.17, 15) is 4.79 Å². The molecule has 2 saturated heterocycles. The number of hydrogen-bond donors (Lipinski definition) is 1. The molecule has 0 spiro atoms. The summed E-state index contributed by atoms with van der Waals surface area (Å²) in [5.74, 6) is 0.909. The number of hydrogen-bond acceptors (Lipinski definition) is 4. The Balaban J connectivity index is 1.71. The lowest BCUT2D eigenvalue weighted by Gasteiger charge is -2.26. The van der Waals surface area contributed by atoms with E-state index in [-0.39, 0.29) is 24.0 Å². The highest BCUT2D eigenvalue weighted by Crippen LogP contribution is 2.24. The second-order valence-corrected chi connectivity index (χ2v) is 6.81. The first kappa shape index (κ1) is 17.2. The van der Waals surface area contributed by atoms with Gasteiger partial charge in [-0.2, -0.15) is 0 Å². The van der Waals surface area contributed by atoms with Gasteiger partial charge in [0.25, 0.3) is 0 Å². The number of benzene rings is 1. The van der Waals surface area contributed by atoms with E-state index < -0.39 is 0 Å². The van der Waals surface area contributed by atoms with E-state index in [4.69, 9.17) is 9.47 Å². The number of carbonyl (C=O) groups is 1. The van der Waals surface area contributed by atoms with E-state index in [1.807, 2.05) is 19.1 Å². The van der Waals surface area contributed by atoms with Gasteiger partial charge < -0.3 is 19.7 Å². The molecular formula is C19H28N2O3. The van der Waals surface area contributed by atoms with Crippen molar-refractivity contribution in [1.29, 1.82) is 0 Å². The van der Waals surface area contributed by atoms with Crippen molar-refractivity contribution in [3.63, 3.8) is 0 Å². The maximum absolute atomic E-state index is 12.7. The van der Waals surface area contributed by atoms with Gasteiger partial charge in [0, 0.05) is 13.2 Å². The smallest absolute Gasteiger partial charge is 0.226 e. The van der Waals surface area contributed by atoms with Crippen molar-refractivity contribution < 1.29 is 14.3 Å². The van der Waals surface area contributed by atoms with Gasteiger partial charge in [0.05, 0.1) is 25.2 Å². The van der Waals surface area contributed by atoms with E-state index >= 15 is 0 Å². The molecule has 5 nitrogen and oxygen atoms in total. The van der Waals surface area contributed by atoms with Gasteiger partial charge >= 0.3 is 0 Å². The van der Waals surface area contributed by atoms with Crippen LogP contribution in [0.3, 0.4) is 0 Å². The SMILES string of the molecule is COc1ccc([C@H](CN2CCCC2)NC(=O)[C@@H]2CCO[C@H]2C)cc1. The molecule has 0 aliphatic carbocycles. The lowest BCUT2D eigenvalue weighted by Crippen LogP contribution is -2.41. The summed E-state index contributed by atoms with van der Waals surface area (Å²) in [6.07, 6.45) is 3.31. The number of carbonyl (C=O) groups excluding carboxylic acids is 1. The standard InChI is InChI=1S/C19H28N2O3/c1-14-17(9-12-24-14)19(22)20-18(13-21-10-3-4-11-21)15-5-7-16(23-2)8-6-15/h5-8,14,17-18H,3-4,9-13H2,1-2H3,(H,20,22)/t14-,17+,18-/m0/s1. The maximum Gasteiger partial charge on any atom is 0.226 e. The van der Waals surface area contributed by atoms with E-state index in [1.54, 1.807) is 7.11 Å². The van der Waals surface area contributed by atoms with Crippen LogP contribution in [-0.2, 0) is 9.53 Å². The fraction of sp³-hybridized carbons (Fsp3) is 0.632. The van der Waals surface area contributed by atoms with Gasteiger partial charge in [-0.25, -0.2) is 0 Å². The summed E-state index contributed by atoms with van der Waals surface area (Å²) >= 11 is 0. The first-order valence-electron chi connectivity index (χ1n) is 8.95. The molecule has 1 aromatic carbocycles. The molecule has 1 aromatic rings. The Kier molecular flexibility index (Phi) is 5.74. The minimum atomic E-state index is -0.0377. The molecule has 24 heavy (non-hydrogen) atoms. The van der Waals surface area contributed by atoms with Crippen molar-refractivity contribution in [3.05, 3.63) is 29.8 Å². The fourth-order valence-electron chi connectivity index (χ4n) is 3.65. The third-order valence-corrected chi connectivity index (χ3v) is 5.19. The average molecular weight is 332 g/mol. The number of likely N-dealkylation sites (tertiary alicyclic amines) is 1. The third kappa shape index (κ3) is 4.08. The van der Waals surface area contributed by atoms with Gasteiger partial charge in [0.2, 0.25) is 5.91 Å². The van der Waals surface area contributed by atoms with Crippen LogP contribution < -0.4 is 10.1 Å². The Hall–Kier alpha value is -1.59. The average Bonchev–Trinajstić information content (AvgIpc) is 3.26. The number of methoxy groups -OCH3 is 1. The van der Waals surface area contributed by atoms with E-state index in [0.29, 0.717) is 6.61 Å². The summed E-state index contributed by atoms with van der Waals surface area (Å²) in [5, 5.41) is 3.27. The Morgan fingerprint density at radius 2 is 2.04 bits per heavy atom. The van der Waals surface area contributed by atoms with Crippen LogP contribution in [0, 0.1) is 5.92 Å². The fourth-order valence-corrected chi connectivity index (χ4v) is 3.65. The second kappa shape index (κ2) is 7.99. The Morgan fingerprint density at radius 1 is 1.33 bits per heavy atom. The van der Waals surface area contributed by atoms with Gasteiger partial charge in [-0.1, -0.05) is 12.1 Å². The second-order valence-electron chi connectivity index (χ2n) is 6.81. The van der Waals surface area contributed by atoms with Crippen LogP contribution in [0.2, 0.25) is 0 Å². The molecule has 2 aliphatic heterocycles. The summed E-state index contributed by atoms with van der Waals surface area (Å²) in [4.78, 5) is 15.1. The van der Waals surface area contributed by atoms with Crippen LogP contribution in [0.4, 0.5) is 0 Å². The van der Waals surface area contributed by atoms with E-state index in [1.165, 1.54) is 12.8 Å². The first-order chi connectivity index (χ1) is 11.7. The van der Waals surface area contributed by atoms with Crippen molar-refractivity contribution in [2.45, 2.75) is 38.3 Å². The zero-order valence-corrected chi connectivity index (χ0v) is 14.7. The summed E-state index contributed by atoms with van der Waals surface area (Å²) in [6.45, 7) is 5.76. The van der Waals surface area contributed by atoms with Gasteiger partial charge in [0.15, 0.2) is 0 Å². The van der Waals surface area contributed by atoms with Crippen LogP contribution in [0.25, 0.3) is 0 Å². The van der Waals surface area contributed by atoms with Crippen LogP contribution in [0.1, 0.15) is 37.8 Å². The molecule has 1 N–H and O–H groups in total. The molecule has 3 rings (SSSR count). The highest BCUT2D eigenvalue weighted by Gasteiger charge is 2.32. The molecule has 2 heterocycles. The molecule has 0 aromatic heterocycles. The van der Waals surface area contributed by atoms with Gasteiger partial charge in [-0.05, 0) is 57.0 Å². The molecule has 1 amide bonds. The molecule has 2 aliphatic rings. The minimum Gasteiger partial charge on any atom is -0.497 e. The van der Waals surface area contributed by atoms with Crippen LogP contribution in [0.5, 0.6) is 5.75 Å². The van der Waals surface area contributed by atoms with Crippen molar-refractivity contribution in [1.82, 2.24) is 10.2 Å². The lowest BCUT2D eigenvalue weighted by molar-refractivity contribution is -0.127. The predicted molar refractivity (Wildman–Crippen MR) is 93.1 cm³/mol. The first-order valence-corrected chi connectivity index (χ1v) is 8.95. The van der Waals surface area contributed by atoms with Crippen molar-refractivity contribution in [2.75, 3.05) is 33.4 Å². The quantitative estimate of drug-likeness (QED) is 0.869. The Labute approximate surface area is 144 Å². The van der Waals surface area contributed by atoms with Gasteiger partial charge in [0.1, 0.15) is 5.75 Å². The topological polar surface area (TPSA) is 50.8 Å². The predicted octanol–water partition coefficient (Wildman–Crippen LogP) is 2.37. The summed E-state index contributed by atoms with van der Waals surface area (Å²) < 4.78 is 10.8. The Morgan fingerprint density at radius 3 is 2.62 bits per heavy atom. The van der Waals surface area contributed by atoms with E-state index in [0.717, 1.165) is 37.4 Å². The molecule has 3 atom stereocenters. The summed E-state index contributed by atoms with van der Waals surface area (Å²) in [7, 11) is 1.67. The monoisotopic (exact) mass is 332 g/mol. The third-order valence-electron chi connectivity index (χ3n) is 5.19.